The number of ether oxygens (including phenoxy) is 2. The molecule has 0 radical (unpaired) electrons. The maximum atomic E-state index is 13.9. The van der Waals surface area contributed by atoms with Crippen molar-refractivity contribution in [1.29, 1.82) is 0 Å². The number of nitrogen functional groups attached to an aromatic ring is 1. The van der Waals surface area contributed by atoms with Crippen LogP contribution in [0.25, 0.3) is 11.1 Å². The zero-order valence-electron chi connectivity index (χ0n) is 10.2. The van der Waals surface area contributed by atoms with E-state index in [1.807, 2.05) is 0 Å². The summed E-state index contributed by atoms with van der Waals surface area (Å²) in [5.74, 6) is 0.0490. The second-order valence-corrected chi connectivity index (χ2v) is 3.79. The van der Waals surface area contributed by atoms with Crippen molar-refractivity contribution in [2.45, 2.75) is 6.61 Å². The van der Waals surface area contributed by atoms with Crippen molar-refractivity contribution in [1.82, 2.24) is 10.2 Å². The lowest BCUT2D eigenvalue weighted by molar-refractivity contribution is 0.184. The van der Waals surface area contributed by atoms with Crippen molar-refractivity contribution in [2.75, 3.05) is 20.0 Å². The molecule has 0 saturated heterocycles. The molecule has 3 N–H and O–H groups in total. The third-order valence-corrected chi connectivity index (χ3v) is 2.58. The first-order chi connectivity index (χ1) is 8.67. The summed E-state index contributed by atoms with van der Waals surface area (Å²) < 4.78 is 24.0. The average Bonchev–Trinajstić information content (AvgIpc) is 2.75. The van der Waals surface area contributed by atoms with Crippen LogP contribution >= 0.6 is 0 Å². The van der Waals surface area contributed by atoms with Gasteiger partial charge >= 0.3 is 0 Å². The lowest BCUT2D eigenvalue weighted by Gasteiger charge is -2.11. The summed E-state index contributed by atoms with van der Waals surface area (Å²) in [6, 6.07) is 3.15. The summed E-state index contributed by atoms with van der Waals surface area (Å²) in [7, 11) is 2.96. The van der Waals surface area contributed by atoms with Gasteiger partial charge in [-0.2, -0.15) is 5.10 Å². The number of aromatic nitrogens is 2. The van der Waals surface area contributed by atoms with Crippen LogP contribution in [0.3, 0.4) is 0 Å². The molecular formula is C12H14FN3O2. The van der Waals surface area contributed by atoms with Crippen molar-refractivity contribution < 1.29 is 13.9 Å². The van der Waals surface area contributed by atoms with E-state index in [4.69, 9.17) is 15.2 Å². The van der Waals surface area contributed by atoms with Crippen LogP contribution in [-0.4, -0.2) is 24.4 Å². The molecule has 0 amide bonds. The highest BCUT2D eigenvalue weighted by Gasteiger charge is 2.16. The van der Waals surface area contributed by atoms with Crippen LogP contribution in [0.1, 0.15) is 5.56 Å². The maximum Gasteiger partial charge on any atom is 0.166 e. The molecule has 96 valence electrons. The molecule has 0 saturated carbocycles. The minimum Gasteiger partial charge on any atom is -0.493 e. The number of halogens is 1. The van der Waals surface area contributed by atoms with Crippen LogP contribution in [0.4, 0.5) is 10.2 Å². The number of anilines is 1. The molecule has 18 heavy (non-hydrogen) atoms. The zero-order valence-corrected chi connectivity index (χ0v) is 10.2. The molecule has 5 nitrogen and oxygen atoms in total. The minimum atomic E-state index is -0.456. The number of methoxy groups -OCH3 is 2. The number of rotatable bonds is 4. The molecule has 1 aromatic carbocycles. The quantitative estimate of drug-likeness (QED) is 0.871. The van der Waals surface area contributed by atoms with Crippen molar-refractivity contribution in [3.8, 4) is 16.9 Å². The second kappa shape index (κ2) is 5.05. The van der Waals surface area contributed by atoms with Crippen molar-refractivity contribution in [2.24, 2.45) is 0 Å². The van der Waals surface area contributed by atoms with Crippen LogP contribution in [0.15, 0.2) is 18.3 Å². The predicted molar refractivity (Wildman–Crippen MR) is 65.7 cm³/mol. The number of hydrogen-bond donors (Lipinski definition) is 2. The summed E-state index contributed by atoms with van der Waals surface area (Å²) in [4.78, 5) is 0. The van der Waals surface area contributed by atoms with Crippen molar-refractivity contribution in [3.05, 3.63) is 29.7 Å². The largest absolute Gasteiger partial charge is 0.493 e. The zero-order chi connectivity index (χ0) is 13.1. The summed E-state index contributed by atoms with van der Waals surface area (Å²) in [6.45, 7) is 0.311. The fourth-order valence-corrected chi connectivity index (χ4v) is 1.82. The van der Waals surface area contributed by atoms with E-state index in [2.05, 4.69) is 10.2 Å². The Kier molecular flexibility index (Phi) is 3.47. The van der Waals surface area contributed by atoms with Crippen LogP contribution in [0, 0.1) is 5.82 Å². The van der Waals surface area contributed by atoms with Gasteiger partial charge in [-0.25, -0.2) is 4.39 Å². The Morgan fingerprint density at radius 1 is 1.33 bits per heavy atom. The first kappa shape index (κ1) is 12.4. The summed E-state index contributed by atoms with van der Waals surface area (Å²) >= 11 is 0. The molecule has 6 heteroatoms. The summed E-state index contributed by atoms with van der Waals surface area (Å²) in [6.07, 6.45) is 1.53. The van der Waals surface area contributed by atoms with Gasteiger partial charge in [-0.3, -0.25) is 5.10 Å². The van der Waals surface area contributed by atoms with E-state index in [-0.39, 0.29) is 5.75 Å². The fraction of sp³-hybridized carbons (Fsp3) is 0.250. The predicted octanol–water partition coefficient (Wildman–Crippen LogP) is 1.95. The van der Waals surface area contributed by atoms with Crippen LogP contribution < -0.4 is 10.5 Å². The Labute approximate surface area is 104 Å². The van der Waals surface area contributed by atoms with E-state index in [0.717, 1.165) is 0 Å². The Morgan fingerprint density at radius 2 is 2.11 bits per heavy atom. The maximum absolute atomic E-state index is 13.9. The number of nitrogens with zero attached hydrogens (tertiary/aromatic N) is 1. The van der Waals surface area contributed by atoms with E-state index < -0.39 is 5.82 Å². The van der Waals surface area contributed by atoms with Gasteiger partial charge in [-0.1, -0.05) is 0 Å². The number of benzene rings is 1. The van der Waals surface area contributed by atoms with E-state index in [9.17, 15) is 4.39 Å². The van der Waals surface area contributed by atoms with Crippen LogP contribution in [0.5, 0.6) is 5.75 Å². The molecule has 0 aliphatic heterocycles. The number of nitrogens with two attached hydrogens (primary N) is 1. The van der Waals surface area contributed by atoms with Crippen molar-refractivity contribution in [3.63, 3.8) is 0 Å². The molecular weight excluding hydrogens is 237 g/mol. The smallest absolute Gasteiger partial charge is 0.166 e. The fourth-order valence-electron chi connectivity index (χ4n) is 1.82. The number of hydrogen-bond acceptors (Lipinski definition) is 4. The highest BCUT2D eigenvalue weighted by molar-refractivity contribution is 5.78. The third-order valence-electron chi connectivity index (χ3n) is 2.58. The van der Waals surface area contributed by atoms with Gasteiger partial charge in [-0.05, 0) is 17.7 Å². The Hall–Kier alpha value is -2.08. The monoisotopic (exact) mass is 251 g/mol. The molecule has 0 bridgehead atoms. The molecule has 1 heterocycles. The molecule has 2 aromatic rings. The summed E-state index contributed by atoms with van der Waals surface area (Å²) in [5.41, 5.74) is 7.60. The first-order valence-electron chi connectivity index (χ1n) is 5.32. The van der Waals surface area contributed by atoms with E-state index in [0.29, 0.717) is 29.1 Å². The highest BCUT2D eigenvalue weighted by Crippen LogP contribution is 2.35. The number of nitrogens with one attached hydrogen (secondary N) is 1. The molecule has 0 atom stereocenters. The Bertz CT molecular complexity index is 554. The molecule has 1 aromatic heterocycles. The SMILES string of the molecule is COCc1cc(F)c(OC)c(-c2cn[nH]c2N)c1. The molecule has 0 fully saturated rings. The standard InChI is InChI=1S/C12H14FN3O2/c1-17-6-7-3-8(9-5-15-16-12(9)14)11(18-2)10(13)4-7/h3-5H,6H2,1-2H3,(H3,14,15,16). The van der Waals surface area contributed by atoms with E-state index in [1.165, 1.54) is 19.4 Å². The van der Waals surface area contributed by atoms with E-state index in [1.54, 1.807) is 13.2 Å². The van der Waals surface area contributed by atoms with Gasteiger partial charge in [0.1, 0.15) is 5.82 Å². The number of H-pyrrole nitrogens is 1. The summed E-state index contributed by atoms with van der Waals surface area (Å²) in [5, 5.41) is 6.43. The van der Waals surface area contributed by atoms with Gasteiger partial charge in [-0.15, -0.1) is 0 Å². The van der Waals surface area contributed by atoms with Gasteiger partial charge < -0.3 is 15.2 Å². The lowest BCUT2D eigenvalue weighted by Crippen LogP contribution is -1.97. The third kappa shape index (κ3) is 2.14. The van der Waals surface area contributed by atoms with E-state index >= 15 is 0 Å². The highest BCUT2D eigenvalue weighted by atomic mass is 19.1. The molecule has 0 aliphatic carbocycles. The van der Waals surface area contributed by atoms with Gasteiger partial charge in [0.2, 0.25) is 0 Å². The Balaban J connectivity index is 2.59. The molecule has 0 spiro atoms. The normalized spacial score (nSPS) is 10.6. The first-order valence-corrected chi connectivity index (χ1v) is 5.32. The van der Waals surface area contributed by atoms with Crippen LogP contribution in [-0.2, 0) is 11.3 Å². The van der Waals surface area contributed by atoms with Gasteiger partial charge in [0, 0.05) is 18.2 Å². The second-order valence-electron chi connectivity index (χ2n) is 3.79. The van der Waals surface area contributed by atoms with Gasteiger partial charge in [0.05, 0.1) is 19.9 Å². The Morgan fingerprint density at radius 3 is 2.67 bits per heavy atom. The molecule has 0 unspecified atom stereocenters. The molecule has 0 aliphatic rings. The van der Waals surface area contributed by atoms with Crippen molar-refractivity contribution >= 4 is 5.82 Å². The average molecular weight is 251 g/mol. The number of aromatic amines is 1. The van der Waals surface area contributed by atoms with Crippen LogP contribution in [0.2, 0.25) is 0 Å². The van der Waals surface area contributed by atoms with Gasteiger partial charge in [0.25, 0.3) is 0 Å². The molecule has 2 rings (SSSR count). The van der Waals surface area contributed by atoms with Gasteiger partial charge in [0.15, 0.2) is 11.6 Å². The lowest BCUT2D eigenvalue weighted by atomic mass is 10.0. The topological polar surface area (TPSA) is 73.2 Å². The minimum absolute atomic E-state index is 0.142.